The number of fused-ring (bicyclic) bond motifs is 1. The number of H-pyrrole nitrogens is 1. The average molecular weight is 367 g/mol. The van der Waals surface area contributed by atoms with Gasteiger partial charge in [-0.3, -0.25) is 9.79 Å². The van der Waals surface area contributed by atoms with E-state index < -0.39 is 22.0 Å². The van der Waals surface area contributed by atoms with Crippen molar-refractivity contribution in [3.05, 3.63) is 30.1 Å². The predicted octanol–water partition coefficient (Wildman–Crippen LogP) is 0.761. The minimum absolute atomic E-state index is 0.0820. The number of thioether (sulfide) groups is 1. The monoisotopic (exact) mass is 367 g/mol. The van der Waals surface area contributed by atoms with Crippen LogP contribution in [0.1, 0.15) is 18.5 Å². The fourth-order valence-electron chi connectivity index (χ4n) is 2.44. The fourth-order valence-corrected chi connectivity index (χ4v) is 4.14. The molecule has 0 aromatic carbocycles. The van der Waals surface area contributed by atoms with E-state index in [1.54, 1.807) is 6.20 Å². The summed E-state index contributed by atoms with van der Waals surface area (Å²) in [5.74, 6) is 0.263. The molecule has 8 nitrogen and oxygen atoms in total. The Kier molecular flexibility index (Phi) is 4.61. The molecule has 2 aromatic heterocycles. The van der Waals surface area contributed by atoms with Crippen molar-refractivity contribution in [2.75, 3.05) is 12.0 Å². The Labute approximate surface area is 143 Å². The van der Waals surface area contributed by atoms with Crippen LogP contribution in [0, 0.1) is 0 Å². The van der Waals surface area contributed by atoms with Crippen molar-refractivity contribution >= 4 is 43.9 Å². The molecular formula is C14H17N5O3S2. The second kappa shape index (κ2) is 6.54. The van der Waals surface area contributed by atoms with Crippen LogP contribution in [-0.4, -0.2) is 47.5 Å². The van der Waals surface area contributed by atoms with Gasteiger partial charge in [-0.25, -0.2) is 18.1 Å². The second-order valence-corrected chi connectivity index (χ2v) is 8.29. The fraction of sp³-hybridized carbons (Fsp3) is 0.357. The van der Waals surface area contributed by atoms with Crippen LogP contribution in [0.5, 0.6) is 0 Å². The van der Waals surface area contributed by atoms with Crippen molar-refractivity contribution < 1.29 is 13.2 Å². The average Bonchev–Trinajstić information content (AvgIpc) is 3.11. The largest absolute Gasteiger partial charge is 0.346 e. The smallest absolute Gasteiger partial charge is 0.243 e. The quantitative estimate of drug-likeness (QED) is 0.738. The van der Waals surface area contributed by atoms with Gasteiger partial charge in [0.05, 0.1) is 18.3 Å². The van der Waals surface area contributed by atoms with Gasteiger partial charge in [0.2, 0.25) is 15.9 Å². The molecule has 24 heavy (non-hydrogen) atoms. The normalized spacial score (nSPS) is 19.2. The number of carbonyl (C=O) groups excluding carboxylic acids is 1. The number of sulfonamides is 1. The van der Waals surface area contributed by atoms with Crippen LogP contribution in [0.25, 0.3) is 11.0 Å². The summed E-state index contributed by atoms with van der Waals surface area (Å²) in [7, 11) is -3.44. The molecule has 0 saturated heterocycles. The third-order valence-electron chi connectivity index (χ3n) is 3.51. The van der Waals surface area contributed by atoms with E-state index in [1.807, 2.05) is 18.3 Å². The molecule has 0 saturated carbocycles. The first kappa shape index (κ1) is 16.9. The Morgan fingerprint density at radius 2 is 2.29 bits per heavy atom. The van der Waals surface area contributed by atoms with Crippen molar-refractivity contribution in [3.63, 3.8) is 0 Å². The van der Waals surface area contributed by atoms with E-state index in [0.29, 0.717) is 10.9 Å². The van der Waals surface area contributed by atoms with Gasteiger partial charge in [0.15, 0.2) is 5.17 Å². The van der Waals surface area contributed by atoms with Gasteiger partial charge in [-0.1, -0.05) is 11.8 Å². The second-order valence-electron chi connectivity index (χ2n) is 5.51. The molecule has 128 valence electrons. The van der Waals surface area contributed by atoms with E-state index >= 15 is 0 Å². The van der Waals surface area contributed by atoms with Crippen molar-refractivity contribution in [2.45, 2.75) is 19.0 Å². The van der Waals surface area contributed by atoms with E-state index in [9.17, 15) is 13.2 Å². The van der Waals surface area contributed by atoms with E-state index in [0.717, 1.165) is 22.9 Å². The third-order valence-corrected chi connectivity index (χ3v) is 5.25. The molecule has 0 fully saturated rings. The van der Waals surface area contributed by atoms with Gasteiger partial charge in [0, 0.05) is 29.1 Å². The maximum absolute atomic E-state index is 12.0. The van der Waals surface area contributed by atoms with Crippen molar-refractivity contribution in [1.29, 1.82) is 0 Å². The van der Waals surface area contributed by atoms with Gasteiger partial charge in [0.1, 0.15) is 5.65 Å². The molecule has 0 aliphatic carbocycles. The summed E-state index contributed by atoms with van der Waals surface area (Å²) in [6.07, 6.45) is 4.61. The number of rotatable bonds is 4. The molecule has 1 aliphatic heterocycles. The lowest BCUT2D eigenvalue weighted by Gasteiger charge is -2.11. The minimum atomic E-state index is -3.44. The zero-order chi connectivity index (χ0) is 17.3. The summed E-state index contributed by atoms with van der Waals surface area (Å²) in [5.41, 5.74) is 1.83. The van der Waals surface area contributed by atoms with E-state index in [4.69, 9.17) is 0 Å². The number of nitrogens with one attached hydrogen (secondary N) is 3. The molecule has 2 atom stereocenters. The van der Waals surface area contributed by atoms with Crippen molar-refractivity contribution in [3.8, 4) is 0 Å². The van der Waals surface area contributed by atoms with Crippen LogP contribution < -0.4 is 10.0 Å². The number of amides is 1. The number of carbonyl (C=O) groups is 1. The third kappa shape index (κ3) is 3.77. The SMILES string of the molecule is C[C@@H](NS(C)(=O)=O)C(=O)NC1=NC(c2c[nH]c3ncccc23)CS1. The van der Waals surface area contributed by atoms with E-state index in [1.165, 1.54) is 18.7 Å². The van der Waals surface area contributed by atoms with Crippen LogP contribution in [0.15, 0.2) is 29.5 Å². The number of aliphatic imine (C=N–C) groups is 1. The number of nitrogens with zero attached hydrogens (tertiary/aromatic N) is 2. The molecule has 10 heteroatoms. The standard InChI is InChI=1S/C14H17N5O3S2/c1-8(19-24(2,21)22)13(20)18-14-17-11(7-23-14)10-6-16-12-9(10)4-3-5-15-12/h3-6,8,11,19H,7H2,1-2H3,(H,15,16)(H,17,18,20)/t8-,11?/m1/s1. The highest BCUT2D eigenvalue weighted by Gasteiger charge is 2.25. The maximum Gasteiger partial charge on any atom is 0.243 e. The summed E-state index contributed by atoms with van der Waals surface area (Å²) in [6.45, 7) is 1.49. The number of hydrogen-bond donors (Lipinski definition) is 3. The zero-order valence-electron chi connectivity index (χ0n) is 13.1. The maximum atomic E-state index is 12.0. The summed E-state index contributed by atoms with van der Waals surface area (Å²) in [5, 5.41) is 4.16. The number of aromatic amines is 1. The highest BCUT2D eigenvalue weighted by molar-refractivity contribution is 8.14. The Morgan fingerprint density at radius 1 is 1.50 bits per heavy atom. The molecule has 3 rings (SSSR count). The lowest BCUT2D eigenvalue weighted by atomic mass is 10.1. The Morgan fingerprint density at radius 3 is 3.04 bits per heavy atom. The van der Waals surface area contributed by atoms with Gasteiger partial charge in [-0.2, -0.15) is 0 Å². The molecule has 3 N–H and O–H groups in total. The van der Waals surface area contributed by atoms with Crippen LogP contribution in [0.2, 0.25) is 0 Å². The first-order valence-electron chi connectivity index (χ1n) is 7.24. The van der Waals surface area contributed by atoms with E-state index in [2.05, 4.69) is 25.0 Å². The Balaban J connectivity index is 1.71. The van der Waals surface area contributed by atoms with Crippen LogP contribution in [0.3, 0.4) is 0 Å². The van der Waals surface area contributed by atoms with Crippen LogP contribution in [-0.2, 0) is 14.8 Å². The first-order valence-corrected chi connectivity index (χ1v) is 10.1. The Bertz CT molecular complexity index is 906. The van der Waals surface area contributed by atoms with Crippen molar-refractivity contribution in [1.82, 2.24) is 20.0 Å². The molecule has 0 spiro atoms. The zero-order valence-corrected chi connectivity index (χ0v) is 14.7. The molecule has 0 radical (unpaired) electrons. The van der Waals surface area contributed by atoms with E-state index in [-0.39, 0.29) is 6.04 Å². The number of aromatic nitrogens is 2. The lowest BCUT2D eigenvalue weighted by Crippen LogP contribution is -2.45. The molecule has 1 unspecified atom stereocenters. The molecule has 3 heterocycles. The molecular weight excluding hydrogens is 350 g/mol. The number of hydrogen-bond acceptors (Lipinski definition) is 6. The predicted molar refractivity (Wildman–Crippen MR) is 94.3 cm³/mol. The van der Waals surface area contributed by atoms with Gasteiger partial charge >= 0.3 is 0 Å². The summed E-state index contributed by atoms with van der Waals surface area (Å²) >= 11 is 1.43. The van der Waals surface area contributed by atoms with Crippen molar-refractivity contribution in [2.24, 2.45) is 4.99 Å². The van der Waals surface area contributed by atoms with Gasteiger partial charge in [-0.15, -0.1) is 0 Å². The van der Waals surface area contributed by atoms with Gasteiger partial charge in [-0.05, 0) is 19.1 Å². The van der Waals surface area contributed by atoms with Gasteiger partial charge < -0.3 is 10.3 Å². The molecule has 0 bridgehead atoms. The summed E-state index contributed by atoms with van der Waals surface area (Å²) in [6, 6.07) is 2.90. The number of amidine groups is 1. The first-order chi connectivity index (χ1) is 11.3. The molecule has 2 aromatic rings. The summed E-state index contributed by atoms with van der Waals surface area (Å²) < 4.78 is 24.6. The van der Waals surface area contributed by atoms with Crippen LogP contribution >= 0.6 is 11.8 Å². The highest BCUT2D eigenvalue weighted by Crippen LogP contribution is 2.33. The minimum Gasteiger partial charge on any atom is -0.346 e. The van der Waals surface area contributed by atoms with Gasteiger partial charge in [0.25, 0.3) is 0 Å². The molecule has 1 aliphatic rings. The molecule has 1 amide bonds. The number of pyridine rings is 1. The summed E-state index contributed by atoms with van der Waals surface area (Å²) in [4.78, 5) is 23.9. The lowest BCUT2D eigenvalue weighted by molar-refractivity contribution is -0.120. The Hall–Kier alpha value is -1.91. The van der Waals surface area contributed by atoms with Crippen LogP contribution in [0.4, 0.5) is 0 Å². The highest BCUT2D eigenvalue weighted by atomic mass is 32.2. The topological polar surface area (TPSA) is 116 Å².